The molecule has 0 radical (unpaired) electrons. The van der Waals surface area contributed by atoms with E-state index < -0.39 is 0 Å². The lowest BCUT2D eigenvalue weighted by atomic mass is 9.89. The van der Waals surface area contributed by atoms with Crippen molar-refractivity contribution in [3.63, 3.8) is 0 Å². The number of nitrogens with one attached hydrogen (secondary N) is 1. The number of rotatable bonds is 3. The summed E-state index contributed by atoms with van der Waals surface area (Å²) < 4.78 is 5.40. The average molecular weight is 226 g/mol. The molecule has 2 unspecified atom stereocenters. The first-order valence-electron chi connectivity index (χ1n) is 6.76. The van der Waals surface area contributed by atoms with Gasteiger partial charge in [-0.2, -0.15) is 0 Å². The van der Waals surface area contributed by atoms with E-state index in [1.54, 1.807) is 0 Å². The van der Waals surface area contributed by atoms with Crippen LogP contribution in [0.15, 0.2) is 0 Å². The first kappa shape index (κ1) is 12.3. The molecule has 0 spiro atoms. The van der Waals surface area contributed by atoms with Crippen LogP contribution in [-0.4, -0.2) is 50.3 Å². The number of nitrogens with zero attached hydrogens (tertiary/aromatic N) is 1. The second kappa shape index (κ2) is 5.99. The highest BCUT2D eigenvalue weighted by molar-refractivity contribution is 4.84. The van der Waals surface area contributed by atoms with E-state index in [1.807, 2.05) is 0 Å². The summed E-state index contributed by atoms with van der Waals surface area (Å²) in [4.78, 5) is 2.39. The van der Waals surface area contributed by atoms with Crippen molar-refractivity contribution in [3.05, 3.63) is 0 Å². The lowest BCUT2D eigenvalue weighted by Gasteiger charge is -2.36. The molecule has 16 heavy (non-hydrogen) atoms. The van der Waals surface area contributed by atoms with Gasteiger partial charge in [-0.15, -0.1) is 0 Å². The molecule has 1 heterocycles. The van der Waals surface area contributed by atoms with Crippen LogP contribution in [-0.2, 0) is 4.74 Å². The van der Waals surface area contributed by atoms with Gasteiger partial charge < -0.3 is 15.0 Å². The highest BCUT2D eigenvalue weighted by Gasteiger charge is 2.25. The van der Waals surface area contributed by atoms with Gasteiger partial charge in [0.25, 0.3) is 0 Å². The van der Waals surface area contributed by atoms with Crippen molar-refractivity contribution in [2.24, 2.45) is 0 Å². The fraction of sp³-hybridized carbons (Fsp3) is 1.00. The molecule has 1 saturated heterocycles. The summed E-state index contributed by atoms with van der Waals surface area (Å²) in [5, 5.41) is 3.84. The fourth-order valence-electron chi connectivity index (χ4n) is 2.98. The van der Waals surface area contributed by atoms with Crippen LogP contribution < -0.4 is 5.32 Å². The minimum Gasteiger partial charge on any atom is -0.381 e. The Balaban J connectivity index is 1.75. The quantitative estimate of drug-likeness (QED) is 0.791. The molecule has 94 valence electrons. The standard InChI is InChI=1S/C13H26N2O/c1-15(2)13-5-3-4-12(10-13)14-11-6-8-16-9-7-11/h11-14H,3-10H2,1-2H3. The maximum atomic E-state index is 5.40. The van der Waals surface area contributed by atoms with Gasteiger partial charge >= 0.3 is 0 Å². The van der Waals surface area contributed by atoms with Gasteiger partial charge in [0, 0.05) is 31.3 Å². The van der Waals surface area contributed by atoms with Gasteiger partial charge in [0.15, 0.2) is 0 Å². The Bertz CT molecular complexity index is 202. The summed E-state index contributed by atoms with van der Waals surface area (Å²) >= 11 is 0. The van der Waals surface area contributed by atoms with Crippen molar-refractivity contribution < 1.29 is 4.74 Å². The van der Waals surface area contributed by atoms with Crippen molar-refractivity contribution >= 4 is 0 Å². The number of hydrogen-bond acceptors (Lipinski definition) is 3. The molecule has 2 atom stereocenters. The Morgan fingerprint density at radius 3 is 2.44 bits per heavy atom. The maximum Gasteiger partial charge on any atom is 0.0480 e. The fourth-order valence-corrected chi connectivity index (χ4v) is 2.98. The zero-order chi connectivity index (χ0) is 11.4. The molecule has 0 bridgehead atoms. The van der Waals surface area contributed by atoms with E-state index in [0.717, 1.165) is 25.3 Å². The van der Waals surface area contributed by atoms with Crippen LogP contribution in [0, 0.1) is 0 Å². The Kier molecular flexibility index (Phi) is 4.62. The summed E-state index contributed by atoms with van der Waals surface area (Å²) in [5.41, 5.74) is 0. The Hall–Kier alpha value is -0.120. The van der Waals surface area contributed by atoms with Crippen LogP contribution in [0.3, 0.4) is 0 Å². The highest BCUT2D eigenvalue weighted by atomic mass is 16.5. The van der Waals surface area contributed by atoms with E-state index in [1.165, 1.54) is 38.5 Å². The lowest BCUT2D eigenvalue weighted by Crippen LogP contribution is -2.46. The van der Waals surface area contributed by atoms with Gasteiger partial charge in [-0.25, -0.2) is 0 Å². The van der Waals surface area contributed by atoms with Gasteiger partial charge in [-0.3, -0.25) is 0 Å². The monoisotopic (exact) mass is 226 g/mol. The predicted molar refractivity (Wildman–Crippen MR) is 66.7 cm³/mol. The van der Waals surface area contributed by atoms with E-state index in [4.69, 9.17) is 4.74 Å². The molecule has 0 aromatic rings. The number of ether oxygens (including phenoxy) is 1. The molecule has 0 aromatic heterocycles. The van der Waals surface area contributed by atoms with Crippen LogP contribution in [0.4, 0.5) is 0 Å². The van der Waals surface area contributed by atoms with Crippen LogP contribution in [0.2, 0.25) is 0 Å². The SMILES string of the molecule is CN(C)C1CCCC(NC2CCOCC2)C1. The van der Waals surface area contributed by atoms with Crippen LogP contribution in [0.5, 0.6) is 0 Å². The molecular formula is C13H26N2O. The molecule has 1 aliphatic heterocycles. The smallest absolute Gasteiger partial charge is 0.0480 e. The van der Waals surface area contributed by atoms with Gasteiger partial charge in [0.1, 0.15) is 0 Å². The molecule has 2 fully saturated rings. The molecule has 0 amide bonds. The molecule has 1 aliphatic carbocycles. The van der Waals surface area contributed by atoms with Crippen molar-refractivity contribution in [2.75, 3.05) is 27.3 Å². The van der Waals surface area contributed by atoms with Gasteiger partial charge in [0.2, 0.25) is 0 Å². The van der Waals surface area contributed by atoms with Crippen molar-refractivity contribution in [2.45, 2.75) is 56.7 Å². The molecule has 1 saturated carbocycles. The van der Waals surface area contributed by atoms with Gasteiger partial charge in [0.05, 0.1) is 0 Å². The van der Waals surface area contributed by atoms with E-state index in [9.17, 15) is 0 Å². The van der Waals surface area contributed by atoms with Crippen LogP contribution in [0.25, 0.3) is 0 Å². The molecule has 2 rings (SSSR count). The van der Waals surface area contributed by atoms with Crippen molar-refractivity contribution in [1.29, 1.82) is 0 Å². The van der Waals surface area contributed by atoms with Gasteiger partial charge in [-0.1, -0.05) is 6.42 Å². The summed E-state index contributed by atoms with van der Waals surface area (Å²) in [7, 11) is 4.42. The molecule has 0 aromatic carbocycles. The minimum atomic E-state index is 0.708. The first-order valence-corrected chi connectivity index (χ1v) is 6.76. The second-order valence-electron chi connectivity index (χ2n) is 5.53. The summed E-state index contributed by atoms with van der Waals surface area (Å²) in [5.74, 6) is 0. The van der Waals surface area contributed by atoms with E-state index in [-0.39, 0.29) is 0 Å². The molecular weight excluding hydrogens is 200 g/mol. The molecule has 1 N–H and O–H groups in total. The van der Waals surface area contributed by atoms with Crippen LogP contribution >= 0.6 is 0 Å². The Morgan fingerprint density at radius 2 is 1.75 bits per heavy atom. The Morgan fingerprint density at radius 1 is 1.00 bits per heavy atom. The predicted octanol–water partition coefficient (Wildman–Crippen LogP) is 1.63. The zero-order valence-electron chi connectivity index (χ0n) is 10.7. The highest BCUT2D eigenvalue weighted by Crippen LogP contribution is 2.22. The van der Waals surface area contributed by atoms with Crippen molar-refractivity contribution in [1.82, 2.24) is 10.2 Å². The topological polar surface area (TPSA) is 24.5 Å². The third-order valence-electron chi connectivity index (χ3n) is 4.07. The summed E-state index contributed by atoms with van der Waals surface area (Å²) in [6.07, 6.45) is 7.83. The third kappa shape index (κ3) is 3.44. The minimum absolute atomic E-state index is 0.708. The zero-order valence-corrected chi connectivity index (χ0v) is 10.7. The van der Waals surface area contributed by atoms with E-state index in [2.05, 4.69) is 24.3 Å². The second-order valence-corrected chi connectivity index (χ2v) is 5.53. The molecule has 3 nitrogen and oxygen atoms in total. The molecule has 3 heteroatoms. The lowest BCUT2D eigenvalue weighted by molar-refractivity contribution is 0.0706. The summed E-state index contributed by atoms with van der Waals surface area (Å²) in [6, 6.07) is 2.23. The third-order valence-corrected chi connectivity index (χ3v) is 4.07. The van der Waals surface area contributed by atoms with Crippen molar-refractivity contribution in [3.8, 4) is 0 Å². The van der Waals surface area contributed by atoms with Gasteiger partial charge in [-0.05, 0) is 46.2 Å². The average Bonchev–Trinajstić information content (AvgIpc) is 2.30. The van der Waals surface area contributed by atoms with Crippen LogP contribution in [0.1, 0.15) is 38.5 Å². The normalized spacial score (nSPS) is 33.2. The van der Waals surface area contributed by atoms with E-state index in [0.29, 0.717) is 6.04 Å². The molecule has 2 aliphatic rings. The van der Waals surface area contributed by atoms with E-state index >= 15 is 0 Å². The number of hydrogen-bond donors (Lipinski definition) is 1. The summed E-state index contributed by atoms with van der Waals surface area (Å²) in [6.45, 7) is 1.89. The Labute approximate surface area is 99.5 Å². The maximum absolute atomic E-state index is 5.40. The largest absolute Gasteiger partial charge is 0.381 e. The first-order chi connectivity index (χ1) is 7.75.